The van der Waals surface area contributed by atoms with Crippen LogP contribution in [-0.2, 0) is 33.8 Å². The van der Waals surface area contributed by atoms with Gasteiger partial charge in [0, 0.05) is 41.4 Å². The second-order valence-electron chi connectivity index (χ2n) is 20.0. The van der Waals surface area contributed by atoms with Crippen molar-refractivity contribution in [1.82, 2.24) is 14.5 Å². The number of fused-ring (bicyclic) bond motifs is 1. The van der Waals surface area contributed by atoms with E-state index >= 15 is 0 Å². The van der Waals surface area contributed by atoms with Crippen LogP contribution in [0.1, 0.15) is 128 Å². The van der Waals surface area contributed by atoms with E-state index in [0.29, 0.717) is 11.7 Å². The van der Waals surface area contributed by atoms with Crippen molar-refractivity contribution in [1.29, 1.82) is 0 Å². The van der Waals surface area contributed by atoms with E-state index in [2.05, 4.69) is 49.8 Å². The van der Waals surface area contributed by atoms with Crippen molar-refractivity contribution in [2.24, 2.45) is 22.7 Å². The summed E-state index contributed by atoms with van der Waals surface area (Å²) in [7, 11) is 3.26. The second-order valence-corrected chi connectivity index (χ2v) is 20.0. The van der Waals surface area contributed by atoms with E-state index in [1.165, 1.54) is 75.5 Å². The molecule has 7 rings (SSSR count). The first-order valence-corrected chi connectivity index (χ1v) is 23.7. The van der Waals surface area contributed by atoms with Crippen LogP contribution in [0.2, 0.25) is 0 Å². The van der Waals surface area contributed by atoms with Crippen LogP contribution >= 0.6 is 0 Å². The molecule has 5 aromatic rings. The molecule has 0 bridgehead atoms. The lowest BCUT2D eigenvalue weighted by molar-refractivity contribution is -0.136. The van der Waals surface area contributed by atoms with Gasteiger partial charge in [-0.05, 0) is 104 Å². The van der Waals surface area contributed by atoms with Gasteiger partial charge in [0.2, 0.25) is 11.8 Å². The Balaban J connectivity index is 0.000000207. The van der Waals surface area contributed by atoms with E-state index < -0.39 is 16.8 Å². The van der Waals surface area contributed by atoms with Crippen molar-refractivity contribution >= 4 is 46.0 Å². The number of carbonyl (C=O) groups is 3. The summed E-state index contributed by atoms with van der Waals surface area (Å²) in [6, 6.07) is 21.6. The number of ether oxygens (including phenoxy) is 2. The molecule has 0 radical (unpaired) electrons. The summed E-state index contributed by atoms with van der Waals surface area (Å²) < 4.78 is 12.8. The highest BCUT2D eigenvalue weighted by molar-refractivity contribution is 5.96. The molecule has 2 saturated carbocycles. The maximum Gasteiger partial charge on any atom is 0.307 e. The second kappa shape index (κ2) is 24.0. The van der Waals surface area contributed by atoms with Gasteiger partial charge >= 0.3 is 5.97 Å². The van der Waals surface area contributed by atoms with Crippen LogP contribution in [0.3, 0.4) is 0 Å². The van der Waals surface area contributed by atoms with Gasteiger partial charge in [0.25, 0.3) is 0 Å². The van der Waals surface area contributed by atoms with Gasteiger partial charge in [0.15, 0.2) is 0 Å². The standard InChI is InChI=1S/C27H35N3O2.C18H29N3O.C9H10O3/c1-27(2,3)26(31)29-22-15-21-16-23(13-20-11-8-12-24(14-20)32-4)30(25(21)28-17-22)18-19-9-6-5-7-10-19;1-13-10-15(21-17(22)18(2,3)4)12-20-16(13)19-11-14-8-6-5-7-9-14;1-12-8-4-2-3-7(5-8)6-9(10)11/h8,11-12,14-17,19H,5-7,9-10,13,18H2,1-4H3,(H,29,31);10,12,14H,5-9,11H2,1-4H3,(H,19,20)(H,21,22);2-5H,6H2,1H3,(H,10,11). The van der Waals surface area contributed by atoms with Crippen molar-refractivity contribution in [3.8, 4) is 11.5 Å². The number of hydrogen-bond donors (Lipinski definition) is 4. The lowest BCUT2D eigenvalue weighted by atomic mass is 9.89. The molecule has 4 N–H and O–H groups in total. The van der Waals surface area contributed by atoms with Gasteiger partial charge in [-0.25, -0.2) is 9.97 Å². The first-order valence-electron chi connectivity index (χ1n) is 23.7. The lowest BCUT2D eigenvalue weighted by Gasteiger charge is -2.23. The Morgan fingerprint density at radius 1 is 0.697 bits per heavy atom. The largest absolute Gasteiger partial charge is 0.497 e. The van der Waals surface area contributed by atoms with Crippen LogP contribution < -0.4 is 25.4 Å². The predicted molar refractivity (Wildman–Crippen MR) is 267 cm³/mol. The predicted octanol–water partition coefficient (Wildman–Crippen LogP) is 11.9. The smallest absolute Gasteiger partial charge is 0.307 e. The molecular formula is C54H74N6O6. The van der Waals surface area contributed by atoms with Crippen LogP contribution in [0.5, 0.6) is 11.5 Å². The highest BCUT2D eigenvalue weighted by Gasteiger charge is 2.24. The number of amides is 2. The summed E-state index contributed by atoms with van der Waals surface area (Å²) in [5.41, 5.74) is 5.97. The first kappa shape index (κ1) is 51.1. The zero-order valence-corrected chi connectivity index (χ0v) is 40.9. The summed E-state index contributed by atoms with van der Waals surface area (Å²) >= 11 is 0. The van der Waals surface area contributed by atoms with Gasteiger partial charge in [-0.15, -0.1) is 0 Å². The summed E-state index contributed by atoms with van der Waals surface area (Å²) in [4.78, 5) is 44.1. The monoisotopic (exact) mass is 903 g/mol. The number of anilines is 3. The number of nitrogens with zero attached hydrogens (tertiary/aromatic N) is 3. The molecule has 2 aliphatic carbocycles. The molecular weight excluding hydrogens is 829 g/mol. The summed E-state index contributed by atoms with van der Waals surface area (Å²) in [5, 5.41) is 19.0. The minimum Gasteiger partial charge on any atom is -0.497 e. The number of nitrogens with one attached hydrogen (secondary N) is 3. The van der Waals surface area contributed by atoms with Crippen LogP contribution in [0.4, 0.5) is 17.2 Å². The van der Waals surface area contributed by atoms with Crippen molar-refractivity contribution in [3.63, 3.8) is 0 Å². The number of pyridine rings is 2. The Labute approximate surface area is 392 Å². The molecule has 2 aliphatic rings. The van der Waals surface area contributed by atoms with E-state index in [0.717, 1.165) is 70.5 Å². The van der Waals surface area contributed by atoms with Gasteiger partial charge in [-0.3, -0.25) is 14.4 Å². The fourth-order valence-corrected chi connectivity index (χ4v) is 8.29. The number of rotatable bonds is 13. The van der Waals surface area contributed by atoms with E-state index in [1.54, 1.807) is 50.9 Å². The third-order valence-corrected chi connectivity index (χ3v) is 12.2. The number of hydrogen-bond acceptors (Lipinski definition) is 8. The molecule has 0 spiro atoms. The topological polar surface area (TPSA) is 157 Å². The maximum absolute atomic E-state index is 12.5. The Bertz CT molecular complexity index is 2370. The minimum atomic E-state index is -0.830. The van der Waals surface area contributed by atoms with Gasteiger partial charge in [0.05, 0.1) is 44.4 Å². The van der Waals surface area contributed by atoms with E-state index in [1.807, 2.05) is 66.7 Å². The number of carboxylic acids is 1. The van der Waals surface area contributed by atoms with E-state index in [-0.39, 0.29) is 18.2 Å². The zero-order chi connectivity index (χ0) is 47.9. The Kier molecular flexibility index (Phi) is 18.6. The van der Waals surface area contributed by atoms with Crippen LogP contribution in [-0.4, -0.2) is 58.2 Å². The molecule has 12 nitrogen and oxygen atoms in total. The molecule has 3 aromatic heterocycles. The first-order chi connectivity index (χ1) is 31.4. The number of methoxy groups -OCH3 is 2. The third-order valence-electron chi connectivity index (χ3n) is 12.2. The zero-order valence-electron chi connectivity index (χ0n) is 40.9. The molecule has 12 heteroatoms. The summed E-state index contributed by atoms with van der Waals surface area (Å²) in [6.07, 6.45) is 17.7. The van der Waals surface area contributed by atoms with E-state index in [9.17, 15) is 14.4 Å². The number of carboxylic acid groups (broad SMARTS) is 1. The average molecular weight is 903 g/mol. The molecule has 0 atom stereocenters. The Hall–Kier alpha value is -5.91. The van der Waals surface area contributed by atoms with Crippen molar-refractivity contribution < 1.29 is 29.0 Å². The number of benzene rings is 2. The molecule has 2 amide bonds. The van der Waals surface area contributed by atoms with Gasteiger partial charge in [0.1, 0.15) is 23.0 Å². The summed E-state index contributed by atoms with van der Waals surface area (Å²) in [5.74, 6) is 3.15. The quantitative estimate of drug-likeness (QED) is 0.0903. The normalized spacial score (nSPS) is 14.5. The van der Waals surface area contributed by atoms with Gasteiger partial charge < -0.3 is 35.1 Å². The van der Waals surface area contributed by atoms with Crippen LogP contribution in [0.25, 0.3) is 11.0 Å². The van der Waals surface area contributed by atoms with Crippen molar-refractivity contribution in [3.05, 3.63) is 102 Å². The molecule has 3 heterocycles. The van der Waals surface area contributed by atoms with Gasteiger partial charge in [-0.2, -0.15) is 0 Å². The van der Waals surface area contributed by atoms with Crippen LogP contribution in [0, 0.1) is 29.6 Å². The minimum absolute atomic E-state index is 0.00288. The Morgan fingerprint density at radius 3 is 1.77 bits per heavy atom. The lowest BCUT2D eigenvalue weighted by Crippen LogP contribution is -2.27. The molecule has 2 aromatic carbocycles. The molecule has 2 fully saturated rings. The average Bonchev–Trinajstić information content (AvgIpc) is 3.61. The fraction of sp³-hybridized carbons (Fsp3) is 0.500. The molecule has 0 aliphatic heterocycles. The number of aryl methyl sites for hydroxylation is 1. The number of aromatic nitrogens is 3. The van der Waals surface area contributed by atoms with Crippen molar-refractivity contribution in [2.45, 2.75) is 132 Å². The highest BCUT2D eigenvalue weighted by atomic mass is 16.5. The third kappa shape index (κ3) is 15.9. The van der Waals surface area contributed by atoms with Crippen LogP contribution in [0.15, 0.2) is 79.1 Å². The molecule has 0 unspecified atom stereocenters. The van der Waals surface area contributed by atoms with Gasteiger partial charge in [-0.1, -0.05) is 104 Å². The number of aliphatic carboxylic acids is 1. The molecule has 0 saturated heterocycles. The summed E-state index contributed by atoms with van der Waals surface area (Å²) in [6.45, 7) is 15.5. The fourth-order valence-electron chi connectivity index (χ4n) is 8.29. The number of carbonyl (C=O) groups excluding carboxylic acids is 2. The highest BCUT2D eigenvalue weighted by Crippen LogP contribution is 2.31. The maximum atomic E-state index is 12.5. The SMILES string of the molecule is COc1cccc(CC(=O)O)c1.COc1cccc(Cc2cc3cc(NC(=O)C(C)(C)C)cnc3n2CC2CCCCC2)c1.Cc1cc(NC(=O)C(C)(C)C)cnc1NCC1CCCCC1. The van der Waals surface area contributed by atoms with E-state index in [4.69, 9.17) is 19.6 Å². The Morgan fingerprint density at radius 2 is 1.23 bits per heavy atom. The molecule has 356 valence electrons. The molecule has 66 heavy (non-hydrogen) atoms. The van der Waals surface area contributed by atoms with Crippen molar-refractivity contribution in [2.75, 3.05) is 36.7 Å².